The highest BCUT2D eigenvalue weighted by atomic mass is 16.6. The van der Waals surface area contributed by atoms with Crippen molar-refractivity contribution in [3.8, 4) is 5.75 Å². The molecule has 1 atom stereocenters. The van der Waals surface area contributed by atoms with Crippen LogP contribution >= 0.6 is 0 Å². The molecule has 146 valence electrons. The van der Waals surface area contributed by atoms with E-state index in [1.807, 2.05) is 12.1 Å². The Balaban J connectivity index is 2.20. The number of nitrogens with zero attached hydrogens (tertiary/aromatic N) is 2. The number of nitrogens with one attached hydrogen (secondary N) is 1. The number of amides is 1. The lowest BCUT2D eigenvalue weighted by molar-refractivity contribution is -0.136. The maximum atomic E-state index is 12.2. The molecule has 0 unspecified atom stereocenters. The molecule has 27 heavy (non-hydrogen) atoms. The molecule has 1 aromatic carbocycles. The van der Waals surface area contributed by atoms with Crippen molar-refractivity contribution in [3.63, 3.8) is 0 Å². The minimum atomic E-state index is -1.09. The average Bonchev–Trinajstić information content (AvgIpc) is 3.01. The summed E-state index contributed by atoms with van der Waals surface area (Å²) in [6, 6.07) is 6.60. The Morgan fingerprint density at radius 1 is 1.22 bits per heavy atom. The molecule has 1 amide bonds. The minimum Gasteiger partial charge on any atom is -0.497 e. The Kier molecular flexibility index (Phi) is 6.38. The van der Waals surface area contributed by atoms with Crippen LogP contribution in [0.15, 0.2) is 28.7 Å². The lowest BCUT2D eigenvalue weighted by atomic mass is 10.1. The lowest BCUT2D eigenvalue weighted by Gasteiger charge is -2.22. The highest BCUT2D eigenvalue weighted by molar-refractivity contribution is 5.69. The summed E-state index contributed by atoms with van der Waals surface area (Å²) in [4.78, 5) is 23.0. The van der Waals surface area contributed by atoms with Gasteiger partial charge >= 0.3 is 12.1 Å². The zero-order valence-corrected chi connectivity index (χ0v) is 15.7. The first kappa shape index (κ1) is 20.2. The van der Waals surface area contributed by atoms with Gasteiger partial charge < -0.3 is 24.3 Å². The monoisotopic (exact) mass is 377 g/mol. The number of carboxylic acid groups (broad SMARTS) is 1. The Morgan fingerprint density at radius 3 is 2.44 bits per heavy atom. The quantitative estimate of drug-likeness (QED) is 0.754. The molecule has 1 heterocycles. The highest BCUT2D eigenvalue weighted by Gasteiger charge is 2.25. The van der Waals surface area contributed by atoms with Crippen molar-refractivity contribution in [2.45, 2.75) is 45.3 Å². The molecule has 0 aliphatic heterocycles. The number of aromatic nitrogens is 2. The third-order valence-electron chi connectivity index (χ3n) is 3.37. The van der Waals surface area contributed by atoms with E-state index in [1.165, 1.54) is 0 Å². The smallest absolute Gasteiger partial charge is 0.408 e. The second-order valence-electron chi connectivity index (χ2n) is 6.86. The molecule has 0 saturated carbocycles. The number of carbonyl (C=O) groups is 2. The van der Waals surface area contributed by atoms with Crippen LogP contribution < -0.4 is 10.1 Å². The molecule has 2 rings (SSSR count). The van der Waals surface area contributed by atoms with Crippen LogP contribution in [0, 0.1) is 0 Å². The Morgan fingerprint density at radius 2 is 1.89 bits per heavy atom. The van der Waals surface area contributed by atoms with Crippen LogP contribution in [0.5, 0.6) is 5.75 Å². The molecule has 2 aromatic rings. The first-order chi connectivity index (χ1) is 12.7. The Bertz CT molecular complexity index is 779. The second kappa shape index (κ2) is 8.52. The zero-order valence-electron chi connectivity index (χ0n) is 15.7. The molecule has 9 nitrogen and oxygen atoms in total. The van der Waals surface area contributed by atoms with Crippen molar-refractivity contribution < 1.29 is 28.6 Å². The topological polar surface area (TPSA) is 124 Å². The van der Waals surface area contributed by atoms with Gasteiger partial charge in [0.15, 0.2) is 0 Å². The maximum Gasteiger partial charge on any atom is 0.408 e. The molecule has 0 aliphatic carbocycles. The van der Waals surface area contributed by atoms with Gasteiger partial charge in [0.25, 0.3) is 0 Å². The minimum absolute atomic E-state index is 0.0387. The first-order valence-corrected chi connectivity index (χ1v) is 8.33. The third kappa shape index (κ3) is 6.61. The molecule has 0 saturated heterocycles. The molecule has 0 aliphatic rings. The summed E-state index contributed by atoms with van der Waals surface area (Å²) < 4.78 is 15.8. The molecule has 1 aromatic heterocycles. The fraction of sp³-hybridized carbons (Fsp3) is 0.444. The summed E-state index contributed by atoms with van der Waals surface area (Å²) in [5.41, 5.74) is 0.216. The van der Waals surface area contributed by atoms with Gasteiger partial charge in [0.1, 0.15) is 23.8 Å². The van der Waals surface area contributed by atoms with Crippen molar-refractivity contribution in [2.75, 3.05) is 7.11 Å². The third-order valence-corrected chi connectivity index (χ3v) is 3.37. The van der Waals surface area contributed by atoms with E-state index in [0.717, 1.165) is 5.56 Å². The fourth-order valence-corrected chi connectivity index (χ4v) is 2.26. The molecular weight excluding hydrogens is 354 g/mol. The van der Waals surface area contributed by atoms with Gasteiger partial charge in [-0.3, -0.25) is 4.79 Å². The van der Waals surface area contributed by atoms with Gasteiger partial charge in [-0.05, 0) is 38.5 Å². The van der Waals surface area contributed by atoms with Crippen LogP contribution in [-0.2, 0) is 22.4 Å². The normalized spacial score (nSPS) is 12.3. The van der Waals surface area contributed by atoms with E-state index in [9.17, 15) is 9.59 Å². The Labute approximate surface area is 156 Å². The average molecular weight is 377 g/mol. The van der Waals surface area contributed by atoms with Crippen LogP contribution in [0.2, 0.25) is 0 Å². The number of methoxy groups -OCH3 is 1. The molecule has 2 N–H and O–H groups in total. The van der Waals surface area contributed by atoms with Crippen LogP contribution in [0.4, 0.5) is 4.79 Å². The number of ether oxygens (including phenoxy) is 2. The van der Waals surface area contributed by atoms with E-state index in [2.05, 4.69) is 15.5 Å². The standard InChI is InChI=1S/C18H23N3O6/c1-18(2,3)27-17(24)19-13(9-11-5-7-12(25-4)8-6-11)16-21-20-14(26-16)10-15(22)23/h5-8,13H,9-10H2,1-4H3,(H,19,24)(H,22,23)/t13-/m0/s1. The van der Waals surface area contributed by atoms with E-state index < -0.39 is 30.1 Å². The van der Waals surface area contributed by atoms with Crippen molar-refractivity contribution in [2.24, 2.45) is 0 Å². The SMILES string of the molecule is COc1ccc(C[C@H](NC(=O)OC(C)(C)C)c2nnc(CC(=O)O)o2)cc1. The second-order valence-corrected chi connectivity index (χ2v) is 6.86. The predicted molar refractivity (Wildman–Crippen MR) is 94.4 cm³/mol. The Hall–Kier alpha value is -3.10. The van der Waals surface area contributed by atoms with Crippen LogP contribution in [0.3, 0.4) is 0 Å². The number of rotatable bonds is 7. The lowest BCUT2D eigenvalue weighted by Crippen LogP contribution is -2.36. The molecule has 9 heteroatoms. The summed E-state index contributed by atoms with van der Waals surface area (Å²) in [7, 11) is 1.57. The van der Waals surface area contributed by atoms with Gasteiger partial charge in [0.2, 0.25) is 11.8 Å². The summed E-state index contributed by atoms with van der Waals surface area (Å²) in [6.45, 7) is 5.26. The number of carboxylic acids is 1. The molecule has 0 fully saturated rings. The maximum absolute atomic E-state index is 12.2. The summed E-state index contributed by atoms with van der Waals surface area (Å²) in [5.74, 6) is -0.315. The number of alkyl carbamates (subject to hydrolysis) is 1. The summed E-state index contributed by atoms with van der Waals surface area (Å²) in [5, 5.41) is 19.1. The van der Waals surface area contributed by atoms with E-state index in [1.54, 1.807) is 40.0 Å². The van der Waals surface area contributed by atoms with Gasteiger partial charge in [0, 0.05) is 6.42 Å². The molecule has 0 radical (unpaired) electrons. The van der Waals surface area contributed by atoms with Crippen molar-refractivity contribution in [3.05, 3.63) is 41.6 Å². The zero-order chi connectivity index (χ0) is 20.0. The number of hydrogen-bond donors (Lipinski definition) is 2. The fourth-order valence-electron chi connectivity index (χ4n) is 2.26. The van der Waals surface area contributed by atoms with Gasteiger partial charge in [0.05, 0.1) is 7.11 Å². The van der Waals surface area contributed by atoms with E-state index >= 15 is 0 Å². The number of benzene rings is 1. The summed E-state index contributed by atoms with van der Waals surface area (Å²) >= 11 is 0. The van der Waals surface area contributed by atoms with Gasteiger partial charge in [-0.1, -0.05) is 12.1 Å². The van der Waals surface area contributed by atoms with Crippen molar-refractivity contribution >= 4 is 12.1 Å². The molecular formula is C18H23N3O6. The van der Waals surface area contributed by atoms with Crippen LogP contribution in [0.25, 0.3) is 0 Å². The van der Waals surface area contributed by atoms with Crippen molar-refractivity contribution in [1.82, 2.24) is 15.5 Å². The van der Waals surface area contributed by atoms with Crippen molar-refractivity contribution in [1.29, 1.82) is 0 Å². The molecule has 0 bridgehead atoms. The van der Waals surface area contributed by atoms with Crippen LogP contribution in [0.1, 0.15) is 44.2 Å². The van der Waals surface area contributed by atoms with Crippen LogP contribution in [-0.4, -0.2) is 40.1 Å². The van der Waals surface area contributed by atoms with E-state index in [4.69, 9.17) is 19.0 Å². The summed E-state index contributed by atoms with van der Waals surface area (Å²) in [6.07, 6.45) is -0.689. The highest BCUT2D eigenvalue weighted by Crippen LogP contribution is 2.21. The van der Waals surface area contributed by atoms with E-state index in [-0.39, 0.29) is 11.8 Å². The van der Waals surface area contributed by atoms with Gasteiger partial charge in [-0.25, -0.2) is 4.79 Å². The first-order valence-electron chi connectivity index (χ1n) is 8.33. The number of carbonyl (C=O) groups excluding carboxylic acids is 1. The van der Waals surface area contributed by atoms with Gasteiger partial charge in [-0.2, -0.15) is 0 Å². The largest absolute Gasteiger partial charge is 0.497 e. The van der Waals surface area contributed by atoms with E-state index in [0.29, 0.717) is 12.2 Å². The molecule has 0 spiro atoms. The predicted octanol–water partition coefficient (Wildman–Crippen LogP) is 2.51. The number of aliphatic carboxylic acids is 1. The number of hydrogen-bond acceptors (Lipinski definition) is 7. The van der Waals surface area contributed by atoms with Gasteiger partial charge in [-0.15, -0.1) is 10.2 Å².